The summed E-state index contributed by atoms with van der Waals surface area (Å²) < 4.78 is 11.7. The van der Waals surface area contributed by atoms with Crippen molar-refractivity contribution in [3.05, 3.63) is 40.9 Å². The zero-order valence-electron chi connectivity index (χ0n) is 11.9. The second kappa shape index (κ2) is 4.67. The topological polar surface area (TPSA) is 55.8 Å². The van der Waals surface area contributed by atoms with Gasteiger partial charge in [0.15, 0.2) is 0 Å². The molecule has 4 unspecified atom stereocenters. The van der Waals surface area contributed by atoms with Crippen molar-refractivity contribution in [1.29, 1.82) is 0 Å². The number of hydrogen-bond acceptors (Lipinski definition) is 4. The molecule has 3 aliphatic rings. The molecule has 1 aromatic rings. The molecule has 0 aromatic heterocycles. The van der Waals surface area contributed by atoms with Gasteiger partial charge in [-0.3, -0.25) is 9.59 Å². The van der Waals surface area contributed by atoms with Crippen LogP contribution in [0.25, 0.3) is 0 Å². The molecule has 3 heterocycles. The minimum absolute atomic E-state index is 0.0887. The lowest BCUT2D eigenvalue weighted by Gasteiger charge is -2.22. The standard InChI is InChI=1S/C16H14BrNO4/c1-21-15(20)12-11-6-7-16(22-11)8-18(14(19)13(12)16)10-5-3-2-4-9(10)17/h2-7,11-13H,8H2,1H3. The van der Waals surface area contributed by atoms with E-state index in [1.807, 2.05) is 36.4 Å². The largest absolute Gasteiger partial charge is 0.469 e. The van der Waals surface area contributed by atoms with E-state index in [2.05, 4.69) is 15.9 Å². The number of amides is 1. The lowest BCUT2D eigenvalue weighted by molar-refractivity contribution is -0.149. The lowest BCUT2D eigenvalue weighted by Crippen LogP contribution is -2.39. The first-order valence-corrected chi connectivity index (χ1v) is 7.87. The van der Waals surface area contributed by atoms with Crippen molar-refractivity contribution in [3.8, 4) is 0 Å². The fourth-order valence-corrected chi connectivity index (χ4v) is 4.28. The average molecular weight is 364 g/mol. The highest BCUT2D eigenvalue weighted by molar-refractivity contribution is 9.10. The van der Waals surface area contributed by atoms with E-state index in [1.54, 1.807) is 4.90 Å². The molecule has 2 fully saturated rings. The van der Waals surface area contributed by atoms with E-state index < -0.39 is 17.4 Å². The van der Waals surface area contributed by atoms with Crippen LogP contribution in [0.3, 0.4) is 0 Å². The van der Waals surface area contributed by atoms with Gasteiger partial charge < -0.3 is 14.4 Å². The molecule has 0 N–H and O–H groups in total. The maximum atomic E-state index is 12.9. The Bertz CT molecular complexity index is 703. The minimum Gasteiger partial charge on any atom is -0.469 e. The van der Waals surface area contributed by atoms with Gasteiger partial charge in [-0.15, -0.1) is 0 Å². The summed E-state index contributed by atoms with van der Waals surface area (Å²) in [5, 5.41) is 0. The van der Waals surface area contributed by atoms with E-state index in [1.165, 1.54) is 7.11 Å². The van der Waals surface area contributed by atoms with Crippen molar-refractivity contribution < 1.29 is 19.1 Å². The van der Waals surface area contributed by atoms with E-state index >= 15 is 0 Å². The molecule has 114 valence electrons. The SMILES string of the molecule is COC(=O)C1C2C=CC3(CN(c4ccccc4Br)C(=O)C13)O2. The number of ether oxygens (including phenoxy) is 2. The summed E-state index contributed by atoms with van der Waals surface area (Å²) >= 11 is 3.48. The molecular weight excluding hydrogens is 350 g/mol. The van der Waals surface area contributed by atoms with Crippen LogP contribution in [0, 0.1) is 11.8 Å². The number of hydrogen-bond donors (Lipinski definition) is 0. The van der Waals surface area contributed by atoms with Gasteiger partial charge in [-0.1, -0.05) is 24.3 Å². The van der Waals surface area contributed by atoms with Crippen LogP contribution in [0.4, 0.5) is 5.69 Å². The molecule has 5 nitrogen and oxygen atoms in total. The van der Waals surface area contributed by atoms with Gasteiger partial charge in [0.05, 0.1) is 31.4 Å². The number of halogens is 1. The zero-order valence-corrected chi connectivity index (χ0v) is 13.4. The Labute approximate surface area is 136 Å². The molecule has 4 rings (SSSR count). The van der Waals surface area contributed by atoms with Gasteiger partial charge in [-0.05, 0) is 28.1 Å². The monoisotopic (exact) mass is 363 g/mol. The molecule has 2 bridgehead atoms. The zero-order chi connectivity index (χ0) is 15.5. The quantitative estimate of drug-likeness (QED) is 0.594. The molecule has 0 aliphatic carbocycles. The highest BCUT2D eigenvalue weighted by Crippen LogP contribution is 2.53. The summed E-state index contributed by atoms with van der Waals surface area (Å²) in [6.07, 6.45) is 3.44. The summed E-state index contributed by atoms with van der Waals surface area (Å²) in [5.74, 6) is -1.55. The third-order valence-electron chi connectivity index (χ3n) is 4.72. The smallest absolute Gasteiger partial charge is 0.312 e. The second-order valence-electron chi connectivity index (χ2n) is 5.80. The number of methoxy groups -OCH3 is 1. The molecule has 0 radical (unpaired) electrons. The summed E-state index contributed by atoms with van der Waals surface area (Å²) in [5.41, 5.74) is 0.0796. The molecule has 3 aliphatic heterocycles. The van der Waals surface area contributed by atoms with Crippen molar-refractivity contribution in [2.75, 3.05) is 18.6 Å². The minimum atomic E-state index is -0.712. The molecular formula is C16H14BrNO4. The number of rotatable bonds is 2. The molecule has 1 spiro atoms. The van der Waals surface area contributed by atoms with E-state index in [0.717, 1.165) is 10.2 Å². The number of para-hydroxylation sites is 1. The van der Waals surface area contributed by atoms with Crippen LogP contribution in [-0.2, 0) is 19.1 Å². The van der Waals surface area contributed by atoms with Crippen LogP contribution in [0.1, 0.15) is 0 Å². The molecule has 2 saturated heterocycles. The van der Waals surface area contributed by atoms with Gasteiger partial charge in [-0.2, -0.15) is 0 Å². The van der Waals surface area contributed by atoms with Crippen LogP contribution in [0.2, 0.25) is 0 Å². The van der Waals surface area contributed by atoms with Crippen LogP contribution in [0.5, 0.6) is 0 Å². The Hall–Kier alpha value is -1.66. The van der Waals surface area contributed by atoms with Crippen molar-refractivity contribution in [2.45, 2.75) is 11.7 Å². The molecule has 6 heteroatoms. The maximum Gasteiger partial charge on any atom is 0.312 e. The number of carbonyl (C=O) groups excluding carboxylic acids is 2. The van der Waals surface area contributed by atoms with Crippen LogP contribution < -0.4 is 4.90 Å². The third kappa shape index (κ3) is 1.68. The fraction of sp³-hybridized carbons (Fsp3) is 0.375. The van der Waals surface area contributed by atoms with Crippen LogP contribution in [-0.4, -0.2) is 37.2 Å². The Morgan fingerprint density at radius 1 is 1.45 bits per heavy atom. The predicted octanol–water partition coefficient (Wildman–Crippen LogP) is 1.91. The summed E-state index contributed by atoms with van der Waals surface area (Å²) in [4.78, 5) is 26.7. The first-order valence-electron chi connectivity index (χ1n) is 7.08. The molecule has 4 atom stereocenters. The van der Waals surface area contributed by atoms with Crippen LogP contribution in [0.15, 0.2) is 40.9 Å². The summed E-state index contributed by atoms with van der Waals surface area (Å²) in [6, 6.07) is 7.54. The summed E-state index contributed by atoms with van der Waals surface area (Å²) in [7, 11) is 1.34. The van der Waals surface area contributed by atoms with Gasteiger partial charge in [-0.25, -0.2) is 0 Å². The van der Waals surface area contributed by atoms with E-state index in [-0.39, 0.29) is 18.0 Å². The Kier molecular flexibility index (Phi) is 2.96. The summed E-state index contributed by atoms with van der Waals surface area (Å²) in [6.45, 7) is 0.416. The van der Waals surface area contributed by atoms with Gasteiger partial charge in [0.1, 0.15) is 11.5 Å². The van der Waals surface area contributed by atoms with Crippen molar-refractivity contribution in [2.24, 2.45) is 11.8 Å². The third-order valence-corrected chi connectivity index (χ3v) is 5.39. The highest BCUT2D eigenvalue weighted by Gasteiger charge is 2.67. The lowest BCUT2D eigenvalue weighted by atomic mass is 9.77. The number of anilines is 1. The highest BCUT2D eigenvalue weighted by atomic mass is 79.9. The maximum absolute atomic E-state index is 12.9. The molecule has 22 heavy (non-hydrogen) atoms. The number of benzene rings is 1. The second-order valence-corrected chi connectivity index (χ2v) is 6.65. The Morgan fingerprint density at radius 2 is 2.23 bits per heavy atom. The van der Waals surface area contributed by atoms with Crippen molar-refractivity contribution >= 4 is 33.5 Å². The number of fused-ring (bicyclic) bond motifs is 1. The Balaban J connectivity index is 1.75. The van der Waals surface area contributed by atoms with Crippen molar-refractivity contribution in [3.63, 3.8) is 0 Å². The Morgan fingerprint density at radius 3 is 2.95 bits per heavy atom. The van der Waals surface area contributed by atoms with Gasteiger partial charge in [0, 0.05) is 4.47 Å². The first kappa shape index (κ1) is 14.0. The van der Waals surface area contributed by atoms with E-state index in [9.17, 15) is 9.59 Å². The molecule has 1 amide bonds. The van der Waals surface area contributed by atoms with Gasteiger partial charge in [0.25, 0.3) is 0 Å². The molecule has 1 aromatic carbocycles. The van der Waals surface area contributed by atoms with Gasteiger partial charge >= 0.3 is 5.97 Å². The number of esters is 1. The van der Waals surface area contributed by atoms with Crippen molar-refractivity contribution in [1.82, 2.24) is 0 Å². The average Bonchev–Trinajstić information content (AvgIpc) is 3.15. The van der Waals surface area contributed by atoms with E-state index in [4.69, 9.17) is 9.47 Å². The molecule has 0 saturated carbocycles. The number of nitrogens with zero attached hydrogens (tertiary/aromatic N) is 1. The van der Waals surface area contributed by atoms with Gasteiger partial charge in [0.2, 0.25) is 5.91 Å². The normalized spacial score (nSPS) is 35.1. The van der Waals surface area contributed by atoms with E-state index in [0.29, 0.717) is 6.54 Å². The fourth-order valence-electron chi connectivity index (χ4n) is 3.78. The first-order chi connectivity index (χ1) is 10.6. The predicted molar refractivity (Wildman–Crippen MR) is 82.2 cm³/mol. The van der Waals surface area contributed by atoms with Crippen LogP contribution >= 0.6 is 15.9 Å². The number of carbonyl (C=O) groups is 2.